The van der Waals surface area contributed by atoms with Crippen LogP contribution < -0.4 is 4.74 Å². The molecule has 280 valence electrons. The first-order valence-electron chi connectivity index (χ1n) is 19.0. The molecule has 7 nitrogen and oxygen atoms in total. The number of aryl methyl sites for hydroxylation is 2. The first-order chi connectivity index (χ1) is 24.9. The lowest BCUT2D eigenvalue weighted by Crippen LogP contribution is -2.27. The molecule has 1 aromatic heterocycles. The zero-order chi connectivity index (χ0) is 38.0. The van der Waals surface area contributed by atoms with E-state index < -0.39 is 28.7 Å². The maximum atomic E-state index is 13.1. The predicted molar refractivity (Wildman–Crippen MR) is 206 cm³/mol. The molecule has 0 unspecified atom stereocenters. The van der Waals surface area contributed by atoms with Gasteiger partial charge in [-0.05, 0) is 90.5 Å². The summed E-state index contributed by atoms with van der Waals surface area (Å²) in [4.78, 5) is 43.2. The van der Waals surface area contributed by atoms with E-state index in [2.05, 4.69) is 59.3 Å². The van der Waals surface area contributed by atoms with Crippen LogP contribution in [0.25, 0.3) is 0 Å². The second-order valence-corrected chi connectivity index (χ2v) is 15.5. The third kappa shape index (κ3) is 13.6. The second-order valence-electron chi connectivity index (χ2n) is 15.5. The van der Waals surface area contributed by atoms with E-state index in [1.807, 2.05) is 0 Å². The number of carbonyl (C=O) groups is 3. The van der Waals surface area contributed by atoms with Gasteiger partial charge in [-0.1, -0.05) is 74.6 Å². The first kappa shape index (κ1) is 42.1. The molecule has 2 aromatic rings. The Labute approximate surface area is 312 Å². The maximum Gasteiger partial charge on any atom is 0.312 e. The number of benzene rings is 1. The molecule has 0 saturated heterocycles. The SMILES string of the molecule is C#CCC(C)(C)C(=O)OCc1cnc(C)c(OC(=O)CCC/C=C\C[C@H]2CCC[C@@H]2CCCCCc2ccccc2)c1COC(=O)C(C)(C)CC#C. The van der Waals surface area contributed by atoms with Crippen LogP contribution in [0.1, 0.15) is 134 Å². The van der Waals surface area contributed by atoms with E-state index in [4.69, 9.17) is 27.1 Å². The number of allylic oxidation sites excluding steroid dienone is 2. The summed E-state index contributed by atoms with van der Waals surface area (Å²) in [5, 5.41) is 0. The lowest BCUT2D eigenvalue weighted by Gasteiger charge is -2.23. The smallest absolute Gasteiger partial charge is 0.312 e. The fraction of sp³-hybridized carbons (Fsp3) is 0.556. The largest absolute Gasteiger partial charge is 0.460 e. The molecule has 1 aliphatic carbocycles. The monoisotopic (exact) mass is 709 g/mol. The number of unbranched alkanes of at least 4 members (excludes halogenated alkanes) is 3. The molecule has 0 spiro atoms. The van der Waals surface area contributed by atoms with Crippen LogP contribution in [0.2, 0.25) is 0 Å². The van der Waals surface area contributed by atoms with Gasteiger partial charge < -0.3 is 14.2 Å². The summed E-state index contributed by atoms with van der Waals surface area (Å²) in [5.41, 5.74) is 0.962. The number of ether oxygens (including phenoxy) is 3. The zero-order valence-corrected chi connectivity index (χ0v) is 32.1. The van der Waals surface area contributed by atoms with Gasteiger partial charge >= 0.3 is 17.9 Å². The molecule has 0 radical (unpaired) electrons. The zero-order valence-electron chi connectivity index (χ0n) is 32.1. The van der Waals surface area contributed by atoms with Gasteiger partial charge in [-0.15, -0.1) is 24.7 Å². The number of hydrogen-bond donors (Lipinski definition) is 0. The summed E-state index contributed by atoms with van der Waals surface area (Å²) in [6.45, 7) is 8.18. The molecule has 1 saturated carbocycles. The number of terminal acetylenes is 2. The molecule has 0 aliphatic heterocycles. The number of esters is 3. The van der Waals surface area contributed by atoms with Crippen molar-refractivity contribution in [1.29, 1.82) is 0 Å². The van der Waals surface area contributed by atoms with Crippen molar-refractivity contribution in [1.82, 2.24) is 4.98 Å². The summed E-state index contributed by atoms with van der Waals surface area (Å²) in [5.74, 6) is 5.40. The van der Waals surface area contributed by atoms with E-state index >= 15 is 0 Å². The standard InChI is InChI=1S/C45H59NO6/c1-8-29-44(4,5)42(48)50-32-38-31-46-34(3)41(39(38)33-51-43(49)45(6,7)30-9-2)52-40(47)28-19-11-10-17-24-36-26-20-27-37(36)25-18-13-16-23-35-21-14-12-15-22-35/h1-2,10,12,14-15,17,21-22,31,36-37H,11,13,16,18-20,23-30,32-33H2,3-7H3/b17-10-/t36-,37-/m0/s1. The van der Waals surface area contributed by atoms with Gasteiger partial charge in [-0.2, -0.15) is 0 Å². The van der Waals surface area contributed by atoms with Crippen molar-refractivity contribution in [3.05, 3.63) is 71.1 Å². The molecule has 1 aliphatic rings. The van der Waals surface area contributed by atoms with Crippen LogP contribution >= 0.6 is 0 Å². The Morgan fingerprint density at radius 1 is 0.865 bits per heavy atom. The molecule has 7 heteroatoms. The summed E-state index contributed by atoms with van der Waals surface area (Å²) in [6, 6.07) is 10.8. The lowest BCUT2D eigenvalue weighted by atomic mass is 9.88. The Hall–Kier alpha value is -4.36. The van der Waals surface area contributed by atoms with Crippen LogP contribution in [0.4, 0.5) is 0 Å². The lowest BCUT2D eigenvalue weighted by molar-refractivity contribution is -0.156. The van der Waals surface area contributed by atoms with Crippen molar-refractivity contribution in [3.8, 4) is 30.4 Å². The Kier molecular flexibility index (Phi) is 17.2. The molecule has 0 bridgehead atoms. The number of aromatic nitrogens is 1. The van der Waals surface area contributed by atoms with Gasteiger partial charge in [0, 0.05) is 36.6 Å². The van der Waals surface area contributed by atoms with Crippen molar-refractivity contribution in [2.24, 2.45) is 22.7 Å². The molecule has 2 atom stereocenters. The normalized spacial score (nSPS) is 15.9. The number of nitrogens with zero attached hydrogens (tertiary/aromatic N) is 1. The van der Waals surface area contributed by atoms with E-state index in [0.717, 1.165) is 24.7 Å². The van der Waals surface area contributed by atoms with Gasteiger partial charge in [0.1, 0.15) is 13.2 Å². The fourth-order valence-corrected chi connectivity index (χ4v) is 6.70. The highest BCUT2D eigenvalue weighted by atomic mass is 16.6. The second kappa shape index (κ2) is 21.2. The molecule has 1 fully saturated rings. The van der Waals surface area contributed by atoms with Crippen LogP contribution in [-0.4, -0.2) is 22.9 Å². The first-order valence-corrected chi connectivity index (χ1v) is 19.0. The van der Waals surface area contributed by atoms with Gasteiger partial charge in [0.05, 0.1) is 16.5 Å². The third-order valence-electron chi connectivity index (χ3n) is 10.1. The van der Waals surface area contributed by atoms with Crippen LogP contribution in [0, 0.1) is 54.3 Å². The van der Waals surface area contributed by atoms with Crippen molar-refractivity contribution in [2.75, 3.05) is 0 Å². The van der Waals surface area contributed by atoms with Gasteiger partial charge in [-0.25, -0.2) is 0 Å². The molecular weight excluding hydrogens is 650 g/mol. The maximum absolute atomic E-state index is 13.1. The van der Waals surface area contributed by atoms with Crippen molar-refractivity contribution in [2.45, 2.75) is 138 Å². The summed E-state index contributed by atoms with van der Waals surface area (Å²) >= 11 is 0. The quantitative estimate of drug-likeness (QED) is 0.0552. The minimum atomic E-state index is -0.908. The minimum absolute atomic E-state index is 0.161. The number of carbonyl (C=O) groups excluding carboxylic acids is 3. The molecule has 52 heavy (non-hydrogen) atoms. The van der Waals surface area contributed by atoms with E-state index in [1.165, 1.54) is 63.1 Å². The molecule has 1 aromatic carbocycles. The Bertz CT molecular complexity index is 1580. The van der Waals surface area contributed by atoms with Crippen LogP contribution in [0.3, 0.4) is 0 Å². The van der Waals surface area contributed by atoms with Gasteiger partial charge in [0.15, 0.2) is 5.75 Å². The fourth-order valence-electron chi connectivity index (χ4n) is 6.70. The minimum Gasteiger partial charge on any atom is -0.460 e. The average molecular weight is 710 g/mol. The van der Waals surface area contributed by atoms with Crippen molar-refractivity contribution < 1.29 is 28.6 Å². The van der Waals surface area contributed by atoms with Crippen molar-refractivity contribution >= 4 is 17.9 Å². The van der Waals surface area contributed by atoms with Gasteiger partial charge in [-0.3, -0.25) is 19.4 Å². The number of rotatable bonds is 21. The molecular formula is C45H59NO6. The van der Waals surface area contributed by atoms with Crippen LogP contribution in [-0.2, 0) is 43.5 Å². The van der Waals surface area contributed by atoms with E-state index in [-0.39, 0.29) is 38.2 Å². The Morgan fingerprint density at radius 2 is 1.52 bits per heavy atom. The average Bonchev–Trinajstić information content (AvgIpc) is 3.56. The summed E-state index contributed by atoms with van der Waals surface area (Å²) in [7, 11) is 0. The van der Waals surface area contributed by atoms with Crippen molar-refractivity contribution in [3.63, 3.8) is 0 Å². The summed E-state index contributed by atoms with van der Waals surface area (Å²) in [6.07, 6.45) is 30.4. The highest BCUT2D eigenvalue weighted by Crippen LogP contribution is 2.38. The molecule has 1 heterocycles. The van der Waals surface area contributed by atoms with Gasteiger partial charge in [0.25, 0.3) is 0 Å². The van der Waals surface area contributed by atoms with E-state index in [9.17, 15) is 14.4 Å². The third-order valence-corrected chi connectivity index (χ3v) is 10.1. The highest BCUT2D eigenvalue weighted by Gasteiger charge is 2.31. The van der Waals surface area contributed by atoms with Crippen LogP contribution in [0.5, 0.6) is 5.75 Å². The number of pyridine rings is 1. The molecule has 0 N–H and O–H groups in total. The summed E-state index contributed by atoms with van der Waals surface area (Å²) < 4.78 is 17.1. The van der Waals surface area contributed by atoms with E-state index in [1.54, 1.807) is 34.6 Å². The molecule has 0 amide bonds. The molecule has 3 rings (SSSR count). The van der Waals surface area contributed by atoms with Gasteiger partial charge in [0.2, 0.25) is 0 Å². The Morgan fingerprint density at radius 3 is 2.19 bits per heavy atom. The topological polar surface area (TPSA) is 91.8 Å². The number of hydrogen-bond acceptors (Lipinski definition) is 7. The van der Waals surface area contributed by atoms with Crippen LogP contribution in [0.15, 0.2) is 48.7 Å². The highest BCUT2D eigenvalue weighted by molar-refractivity contribution is 5.77. The predicted octanol–water partition coefficient (Wildman–Crippen LogP) is 9.82. The van der Waals surface area contributed by atoms with E-state index in [0.29, 0.717) is 23.2 Å². The Balaban J connectivity index is 1.53.